The van der Waals surface area contributed by atoms with Gasteiger partial charge in [0.1, 0.15) is 0 Å². The Morgan fingerprint density at radius 3 is 2.54 bits per heavy atom. The first kappa shape index (κ1) is 11.0. The summed E-state index contributed by atoms with van der Waals surface area (Å²) in [7, 11) is 0. The summed E-state index contributed by atoms with van der Waals surface area (Å²) in [6, 6.07) is 0.655. The van der Waals surface area contributed by atoms with Gasteiger partial charge in [0.15, 0.2) is 0 Å². The zero-order valence-corrected chi connectivity index (χ0v) is 9.47. The molecule has 0 spiro atoms. The Labute approximate surface area is 83.3 Å². The highest BCUT2D eigenvalue weighted by molar-refractivity contribution is 4.74. The summed E-state index contributed by atoms with van der Waals surface area (Å²) < 4.78 is 0. The van der Waals surface area contributed by atoms with Crippen LogP contribution < -0.4 is 5.32 Å². The zero-order chi connectivity index (χ0) is 9.68. The van der Waals surface area contributed by atoms with Crippen LogP contribution >= 0.6 is 0 Å². The number of nitrogens with one attached hydrogen (secondary N) is 1. The van der Waals surface area contributed by atoms with Crippen molar-refractivity contribution in [1.82, 2.24) is 5.32 Å². The average molecular weight is 183 g/mol. The summed E-state index contributed by atoms with van der Waals surface area (Å²) >= 11 is 0. The van der Waals surface area contributed by atoms with Crippen LogP contribution in [0, 0.1) is 11.8 Å². The van der Waals surface area contributed by atoms with Gasteiger partial charge < -0.3 is 5.32 Å². The average Bonchev–Trinajstić information content (AvgIpc) is 2.15. The van der Waals surface area contributed by atoms with Gasteiger partial charge in [0.2, 0.25) is 0 Å². The van der Waals surface area contributed by atoms with Crippen LogP contribution in [-0.4, -0.2) is 12.6 Å². The molecule has 0 aliphatic heterocycles. The van der Waals surface area contributed by atoms with E-state index in [1.165, 1.54) is 38.6 Å². The van der Waals surface area contributed by atoms with Crippen LogP contribution in [0.2, 0.25) is 0 Å². The Morgan fingerprint density at radius 1 is 1.23 bits per heavy atom. The van der Waals surface area contributed by atoms with E-state index < -0.39 is 0 Å². The molecular formula is C12H25N. The second-order valence-corrected chi connectivity index (χ2v) is 4.87. The van der Waals surface area contributed by atoms with Crippen LogP contribution in [0.15, 0.2) is 0 Å². The van der Waals surface area contributed by atoms with Crippen LogP contribution in [0.4, 0.5) is 0 Å². The lowest BCUT2D eigenvalue weighted by atomic mass is 9.80. The molecule has 0 saturated heterocycles. The van der Waals surface area contributed by atoms with Crippen molar-refractivity contribution >= 4 is 0 Å². The van der Waals surface area contributed by atoms with Crippen molar-refractivity contribution in [2.45, 2.75) is 58.9 Å². The second-order valence-electron chi connectivity index (χ2n) is 4.87. The van der Waals surface area contributed by atoms with Crippen molar-refractivity contribution in [2.24, 2.45) is 11.8 Å². The molecule has 13 heavy (non-hydrogen) atoms. The van der Waals surface area contributed by atoms with Crippen molar-refractivity contribution < 1.29 is 0 Å². The van der Waals surface area contributed by atoms with Crippen LogP contribution in [0.25, 0.3) is 0 Å². The highest BCUT2D eigenvalue weighted by Gasteiger charge is 2.20. The van der Waals surface area contributed by atoms with Gasteiger partial charge in [-0.3, -0.25) is 0 Å². The van der Waals surface area contributed by atoms with Gasteiger partial charge in [-0.25, -0.2) is 0 Å². The molecule has 0 heterocycles. The van der Waals surface area contributed by atoms with E-state index in [0.717, 1.165) is 11.8 Å². The van der Waals surface area contributed by atoms with E-state index in [1.54, 1.807) is 0 Å². The molecule has 78 valence electrons. The molecule has 1 heteroatoms. The first-order valence-electron chi connectivity index (χ1n) is 5.95. The Kier molecular flexibility index (Phi) is 4.79. The van der Waals surface area contributed by atoms with Gasteiger partial charge in [0.25, 0.3) is 0 Å². The number of hydrogen-bond donors (Lipinski definition) is 1. The summed E-state index contributed by atoms with van der Waals surface area (Å²) in [5, 5.41) is 3.56. The molecule has 0 radical (unpaired) electrons. The number of hydrogen-bond acceptors (Lipinski definition) is 1. The van der Waals surface area contributed by atoms with E-state index in [-0.39, 0.29) is 0 Å². The highest BCUT2D eigenvalue weighted by atomic mass is 14.9. The number of rotatable bonds is 4. The lowest BCUT2D eigenvalue weighted by molar-refractivity contribution is 0.250. The molecule has 0 bridgehead atoms. The van der Waals surface area contributed by atoms with E-state index in [0.29, 0.717) is 6.04 Å². The van der Waals surface area contributed by atoms with Gasteiger partial charge in [-0.15, -0.1) is 0 Å². The molecular weight excluding hydrogens is 158 g/mol. The van der Waals surface area contributed by atoms with Crippen LogP contribution in [-0.2, 0) is 0 Å². The SMILES string of the molecule is CCC1CCCC(CNC(C)C)C1. The Balaban J connectivity index is 2.18. The fourth-order valence-electron chi connectivity index (χ4n) is 2.36. The topological polar surface area (TPSA) is 12.0 Å². The van der Waals surface area contributed by atoms with Gasteiger partial charge in [0.05, 0.1) is 0 Å². The van der Waals surface area contributed by atoms with Crippen molar-refractivity contribution in [1.29, 1.82) is 0 Å². The van der Waals surface area contributed by atoms with Crippen molar-refractivity contribution in [3.8, 4) is 0 Å². The largest absolute Gasteiger partial charge is 0.314 e. The van der Waals surface area contributed by atoms with Gasteiger partial charge >= 0.3 is 0 Å². The minimum atomic E-state index is 0.655. The molecule has 0 aromatic carbocycles. The third kappa shape index (κ3) is 4.12. The third-order valence-electron chi connectivity index (χ3n) is 3.28. The molecule has 1 saturated carbocycles. The summed E-state index contributed by atoms with van der Waals surface area (Å²) in [6.07, 6.45) is 7.25. The van der Waals surface area contributed by atoms with Crippen molar-refractivity contribution in [3.63, 3.8) is 0 Å². The van der Waals surface area contributed by atoms with E-state index in [1.807, 2.05) is 0 Å². The predicted molar refractivity (Wildman–Crippen MR) is 58.9 cm³/mol. The fraction of sp³-hybridized carbons (Fsp3) is 1.00. The van der Waals surface area contributed by atoms with Crippen LogP contribution in [0.1, 0.15) is 52.9 Å². The maximum Gasteiger partial charge on any atom is 0.00104 e. The minimum absolute atomic E-state index is 0.655. The highest BCUT2D eigenvalue weighted by Crippen LogP contribution is 2.30. The molecule has 1 aliphatic rings. The standard InChI is InChI=1S/C12H25N/c1-4-11-6-5-7-12(8-11)9-13-10(2)3/h10-13H,4-9H2,1-3H3. The fourth-order valence-corrected chi connectivity index (χ4v) is 2.36. The van der Waals surface area contributed by atoms with E-state index in [2.05, 4.69) is 26.1 Å². The van der Waals surface area contributed by atoms with Crippen molar-refractivity contribution in [3.05, 3.63) is 0 Å². The van der Waals surface area contributed by atoms with Crippen LogP contribution in [0.3, 0.4) is 0 Å². The second kappa shape index (κ2) is 5.64. The molecule has 1 rings (SSSR count). The smallest absolute Gasteiger partial charge is 0.00104 e. The van der Waals surface area contributed by atoms with Gasteiger partial charge in [0, 0.05) is 6.04 Å². The van der Waals surface area contributed by atoms with Gasteiger partial charge in [-0.05, 0) is 31.2 Å². The monoisotopic (exact) mass is 183 g/mol. The molecule has 1 N–H and O–H groups in total. The lowest BCUT2D eigenvalue weighted by Gasteiger charge is -2.29. The molecule has 2 atom stereocenters. The molecule has 0 amide bonds. The minimum Gasteiger partial charge on any atom is -0.314 e. The Bertz CT molecular complexity index is 131. The Morgan fingerprint density at radius 2 is 1.92 bits per heavy atom. The molecule has 0 aromatic heterocycles. The van der Waals surface area contributed by atoms with E-state index in [4.69, 9.17) is 0 Å². The van der Waals surface area contributed by atoms with E-state index in [9.17, 15) is 0 Å². The quantitative estimate of drug-likeness (QED) is 0.706. The summed E-state index contributed by atoms with van der Waals surface area (Å²) in [6.45, 7) is 8.05. The maximum atomic E-state index is 3.56. The van der Waals surface area contributed by atoms with Crippen molar-refractivity contribution in [2.75, 3.05) is 6.54 Å². The first-order chi connectivity index (χ1) is 6.22. The van der Waals surface area contributed by atoms with E-state index >= 15 is 0 Å². The molecule has 2 unspecified atom stereocenters. The maximum absolute atomic E-state index is 3.56. The summed E-state index contributed by atoms with van der Waals surface area (Å²) in [5.74, 6) is 1.98. The predicted octanol–water partition coefficient (Wildman–Crippen LogP) is 3.20. The Hall–Kier alpha value is -0.0400. The molecule has 0 aromatic rings. The van der Waals surface area contributed by atoms with Crippen LogP contribution in [0.5, 0.6) is 0 Å². The first-order valence-corrected chi connectivity index (χ1v) is 5.95. The normalized spacial score (nSPS) is 29.5. The third-order valence-corrected chi connectivity index (χ3v) is 3.28. The molecule has 1 aliphatic carbocycles. The summed E-state index contributed by atoms with van der Waals surface area (Å²) in [4.78, 5) is 0. The zero-order valence-electron chi connectivity index (χ0n) is 9.47. The molecule has 1 fully saturated rings. The van der Waals surface area contributed by atoms with Gasteiger partial charge in [-0.2, -0.15) is 0 Å². The molecule has 1 nitrogen and oxygen atoms in total. The lowest BCUT2D eigenvalue weighted by Crippen LogP contribution is -2.31. The summed E-state index contributed by atoms with van der Waals surface area (Å²) in [5.41, 5.74) is 0. The van der Waals surface area contributed by atoms with Gasteiger partial charge in [-0.1, -0.05) is 40.0 Å².